The second-order valence-electron chi connectivity index (χ2n) is 6.99. The molecule has 33 heavy (non-hydrogen) atoms. The fourth-order valence-electron chi connectivity index (χ4n) is 3.22. The van der Waals surface area contributed by atoms with Crippen molar-refractivity contribution in [1.29, 1.82) is 0 Å². The first-order valence-electron chi connectivity index (χ1n) is 9.86. The second-order valence-corrected chi connectivity index (χ2v) is 8.19. The zero-order valence-electron chi connectivity index (χ0n) is 17.4. The van der Waals surface area contributed by atoms with Gasteiger partial charge in [-0.15, -0.1) is 0 Å². The lowest BCUT2D eigenvalue weighted by atomic mass is 10.2. The highest BCUT2D eigenvalue weighted by atomic mass is 35.5. The highest BCUT2D eigenvalue weighted by Gasteiger charge is 2.15. The Kier molecular flexibility index (Phi) is 7.17. The predicted molar refractivity (Wildman–Crippen MR) is 130 cm³/mol. The number of halogens is 3. The number of hydrogen-bond donors (Lipinski definition) is 2. The van der Waals surface area contributed by atoms with Gasteiger partial charge in [0.15, 0.2) is 17.3 Å². The molecule has 0 saturated heterocycles. The molecule has 10 heteroatoms. The summed E-state index contributed by atoms with van der Waals surface area (Å²) in [4.78, 5) is 0. The lowest BCUT2D eigenvalue weighted by Crippen LogP contribution is -2.16. The average Bonchev–Trinajstić information content (AvgIpc) is 3.18. The Morgan fingerprint density at radius 2 is 1.88 bits per heavy atom. The summed E-state index contributed by atoms with van der Waals surface area (Å²) in [5, 5.41) is 7.69. The quantitative estimate of drug-likeness (QED) is 0.272. The predicted octanol–water partition coefficient (Wildman–Crippen LogP) is 6.38. The van der Waals surface area contributed by atoms with E-state index in [0.29, 0.717) is 33.7 Å². The van der Waals surface area contributed by atoms with Crippen molar-refractivity contribution in [2.45, 2.75) is 13.2 Å². The van der Waals surface area contributed by atoms with E-state index in [1.165, 1.54) is 19.2 Å². The van der Waals surface area contributed by atoms with Crippen LogP contribution in [0.5, 0.6) is 11.5 Å². The van der Waals surface area contributed by atoms with Crippen LogP contribution in [0.15, 0.2) is 60.7 Å². The van der Waals surface area contributed by atoms with Gasteiger partial charge in [0.05, 0.1) is 23.7 Å². The summed E-state index contributed by atoms with van der Waals surface area (Å²) in [6, 6.07) is 17.6. The fraction of sp³-hybridized carbons (Fsp3) is 0.130. The first-order valence-corrected chi connectivity index (χ1v) is 11.0. The van der Waals surface area contributed by atoms with Gasteiger partial charge in [-0.1, -0.05) is 59.6 Å². The van der Waals surface area contributed by atoms with E-state index in [-0.39, 0.29) is 17.2 Å². The van der Waals surface area contributed by atoms with Crippen LogP contribution in [0.25, 0.3) is 11.4 Å². The maximum absolute atomic E-state index is 14.1. The van der Waals surface area contributed by atoms with Gasteiger partial charge >= 0.3 is 0 Å². The summed E-state index contributed by atoms with van der Waals surface area (Å²) < 4.78 is 27.4. The van der Waals surface area contributed by atoms with Gasteiger partial charge in [-0.05, 0) is 42.0 Å². The molecule has 4 aromatic rings. The first-order chi connectivity index (χ1) is 16.0. The van der Waals surface area contributed by atoms with Gasteiger partial charge in [-0.2, -0.15) is 5.10 Å². The molecule has 0 spiro atoms. The van der Waals surface area contributed by atoms with Crippen LogP contribution in [-0.4, -0.2) is 22.0 Å². The lowest BCUT2D eigenvalue weighted by Gasteiger charge is -2.16. The fourth-order valence-corrected chi connectivity index (χ4v) is 3.93. The van der Waals surface area contributed by atoms with Gasteiger partial charge in [0.2, 0.25) is 4.77 Å². The molecule has 1 aromatic heterocycles. The Morgan fingerprint density at radius 3 is 2.61 bits per heavy atom. The average molecular weight is 505 g/mol. The number of nitrogens with one attached hydrogen (secondary N) is 2. The number of H-pyrrole nitrogens is 1. The molecule has 0 unspecified atom stereocenters. The number of nitrogens with zero attached hydrogens (tertiary/aromatic N) is 2. The van der Waals surface area contributed by atoms with Gasteiger partial charge in [0.25, 0.3) is 0 Å². The molecule has 0 bridgehead atoms. The van der Waals surface area contributed by atoms with Crippen LogP contribution < -0.4 is 14.9 Å². The van der Waals surface area contributed by atoms with E-state index in [1.807, 2.05) is 30.3 Å². The largest absolute Gasteiger partial charge is 0.493 e. The summed E-state index contributed by atoms with van der Waals surface area (Å²) >= 11 is 17.9. The Labute approximate surface area is 204 Å². The molecule has 2 N–H and O–H groups in total. The maximum Gasteiger partial charge on any atom is 0.214 e. The number of aromatic nitrogens is 3. The maximum atomic E-state index is 14.1. The van der Waals surface area contributed by atoms with E-state index in [2.05, 4.69) is 15.6 Å². The monoisotopic (exact) mass is 504 g/mol. The van der Waals surface area contributed by atoms with Crippen LogP contribution >= 0.6 is 35.4 Å². The van der Waals surface area contributed by atoms with Crippen LogP contribution in [0.2, 0.25) is 10.0 Å². The van der Waals surface area contributed by atoms with Crippen molar-refractivity contribution in [3.05, 3.63) is 92.4 Å². The Hall–Kier alpha value is -3.07. The lowest BCUT2D eigenvalue weighted by molar-refractivity contribution is 0.280. The molecule has 0 amide bonds. The second kappa shape index (κ2) is 10.2. The highest BCUT2D eigenvalue weighted by Crippen LogP contribution is 2.37. The molecule has 6 nitrogen and oxygen atoms in total. The van der Waals surface area contributed by atoms with Crippen molar-refractivity contribution in [2.24, 2.45) is 0 Å². The van der Waals surface area contributed by atoms with Crippen molar-refractivity contribution >= 4 is 35.4 Å². The SMILES string of the molecule is COc1cc(CNn2c(-c3ccccc3)n[nH]c2=S)cc(Cl)c1OCc1c(F)cccc1Cl. The highest BCUT2D eigenvalue weighted by molar-refractivity contribution is 7.71. The van der Waals surface area contributed by atoms with Gasteiger partial charge in [0, 0.05) is 11.1 Å². The first kappa shape index (κ1) is 23.1. The van der Waals surface area contributed by atoms with Crippen LogP contribution in [0.3, 0.4) is 0 Å². The third-order valence-electron chi connectivity index (χ3n) is 4.86. The van der Waals surface area contributed by atoms with E-state index >= 15 is 0 Å². The number of rotatable bonds is 8. The van der Waals surface area contributed by atoms with E-state index in [4.69, 9.17) is 44.9 Å². The van der Waals surface area contributed by atoms with Gasteiger partial charge in [-0.3, -0.25) is 0 Å². The summed E-state index contributed by atoms with van der Waals surface area (Å²) in [5.41, 5.74) is 5.21. The van der Waals surface area contributed by atoms with Crippen molar-refractivity contribution in [3.8, 4) is 22.9 Å². The molecule has 0 radical (unpaired) electrons. The summed E-state index contributed by atoms with van der Waals surface area (Å²) in [6.07, 6.45) is 0. The number of hydrogen-bond acceptors (Lipinski definition) is 5. The van der Waals surface area contributed by atoms with Crippen LogP contribution in [0.1, 0.15) is 11.1 Å². The van der Waals surface area contributed by atoms with E-state index in [9.17, 15) is 4.39 Å². The standard InChI is InChI=1S/C23H19Cl2FN4O2S/c1-31-20-11-14(10-18(25)21(20)32-13-16-17(24)8-5-9-19(16)26)12-27-30-22(28-29-23(30)33)15-6-3-2-4-7-15/h2-11,27H,12-13H2,1H3,(H,29,33). The van der Waals surface area contributed by atoms with Gasteiger partial charge in [0.1, 0.15) is 12.4 Å². The Balaban J connectivity index is 1.53. The summed E-state index contributed by atoms with van der Waals surface area (Å²) in [6.45, 7) is 0.285. The molecule has 0 aliphatic heterocycles. The topological polar surface area (TPSA) is 64.1 Å². The summed E-state index contributed by atoms with van der Waals surface area (Å²) in [7, 11) is 1.51. The molecular formula is C23H19Cl2FN4O2S. The molecule has 0 aliphatic rings. The van der Waals surface area contributed by atoms with Crippen LogP contribution in [0.4, 0.5) is 4.39 Å². The smallest absolute Gasteiger partial charge is 0.214 e. The number of methoxy groups -OCH3 is 1. The molecule has 1 heterocycles. The molecule has 170 valence electrons. The number of ether oxygens (including phenoxy) is 2. The van der Waals surface area contributed by atoms with Gasteiger partial charge in [-0.25, -0.2) is 14.2 Å². The minimum Gasteiger partial charge on any atom is -0.493 e. The number of benzene rings is 3. The Morgan fingerprint density at radius 1 is 1.09 bits per heavy atom. The van der Waals surface area contributed by atoms with Crippen LogP contribution in [-0.2, 0) is 13.2 Å². The zero-order valence-corrected chi connectivity index (χ0v) is 19.8. The number of aromatic amines is 1. The summed E-state index contributed by atoms with van der Waals surface area (Å²) in [5.74, 6) is 0.905. The van der Waals surface area contributed by atoms with Crippen molar-refractivity contribution in [2.75, 3.05) is 12.5 Å². The third kappa shape index (κ3) is 5.13. The van der Waals surface area contributed by atoms with E-state index < -0.39 is 5.82 Å². The Bertz CT molecular complexity index is 1310. The molecular weight excluding hydrogens is 486 g/mol. The van der Waals surface area contributed by atoms with Crippen molar-refractivity contribution in [1.82, 2.24) is 14.9 Å². The molecule has 3 aromatic carbocycles. The van der Waals surface area contributed by atoms with Crippen molar-refractivity contribution in [3.63, 3.8) is 0 Å². The normalized spacial score (nSPS) is 10.8. The van der Waals surface area contributed by atoms with Gasteiger partial charge < -0.3 is 14.9 Å². The van der Waals surface area contributed by atoms with Crippen molar-refractivity contribution < 1.29 is 13.9 Å². The third-order valence-corrected chi connectivity index (χ3v) is 5.77. The van der Waals surface area contributed by atoms with E-state index in [1.54, 1.807) is 22.9 Å². The molecule has 0 fully saturated rings. The molecule has 0 atom stereocenters. The minimum absolute atomic E-state index is 0.0935. The molecule has 4 rings (SSSR count). The molecule has 0 aliphatic carbocycles. The zero-order chi connectivity index (χ0) is 23.4. The molecule has 0 saturated carbocycles. The minimum atomic E-state index is -0.454. The van der Waals surface area contributed by atoms with E-state index in [0.717, 1.165) is 11.1 Å². The van der Waals surface area contributed by atoms with Crippen LogP contribution in [0, 0.1) is 10.6 Å².